The van der Waals surface area contributed by atoms with Crippen molar-refractivity contribution < 1.29 is 14.4 Å². The van der Waals surface area contributed by atoms with Gasteiger partial charge in [-0.3, -0.25) is 9.59 Å². The average molecular weight is 402 g/mol. The Labute approximate surface area is 167 Å². The molecular formula is C20H29Cl2NO3. The van der Waals surface area contributed by atoms with E-state index < -0.39 is 5.54 Å². The lowest BCUT2D eigenvalue weighted by atomic mass is 9.76. The van der Waals surface area contributed by atoms with Crippen molar-refractivity contribution in [1.29, 1.82) is 0 Å². The summed E-state index contributed by atoms with van der Waals surface area (Å²) in [5, 5.41) is 0.515. The number of hydrogen-bond donors (Lipinski definition) is 1. The third kappa shape index (κ3) is 5.97. The molecular weight excluding hydrogens is 373 g/mol. The molecule has 0 amide bonds. The summed E-state index contributed by atoms with van der Waals surface area (Å²) in [6.45, 7) is 2.16. The molecule has 26 heavy (non-hydrogen) atoms. The number of rotatable bonds is 9. The zero-order valence-corrected chi connectivity index (χ0v) is 17.0. The maximum Gasteiger partial charge on any atom is 0.324 e. The summed E-state index contributed by atoms with van der Waals surface area (Å²) in [6.07, 6.45) is 8.50. The minimum absolute atomic E-state index is 0. The van der Waals surface area contributed by atoms with Gasteiger partial charge in [-0.15, -0.1) is 17.9 Å². The molecule has 1 aliphatic rings. The summed E-state index contributed by atoms with van der Waals surface area (Å²) in [6, 6.07) is 7.27. The van der Waals surface area contributed by atoms with Crippen LogP contribution >= 0.6 is 24.0 Å². The van der Waals surface area contributed by atoms with Crippen molar-refractivity contribution >= 4 is 35.8 Å². The molecule has 1 atom stereocenters. The molecule has 0 aromatic heterocycles. The van der Waals surface area contributed by atoms with E-state index in [4.69, 9.17) is 16.4 Å². The van der Waals surface area contributed by atoms with Crippen LogP contribution in [0.2, 0.25) is 5.02 Å². The lowest BCUT2D eigenvalue weighted by Gasteiger charge is -2.36. The van der Waals surface area contributed by atoms with Crippen molar-refractivity contribution in [2.24, 2.45) is 0 Å². The van der Waals surface area contributed by atoms with E-state index in [1.54, 1.807) is 6.07 Å². The molecule has 1 fully saturated rings. The maximum absolute atomic E-state index is 12.7. The molecule has 1 aromatic rings. The van der Waals surface area contributed by atoms with Crippen molar-refractivity contribution in [3.8, 4) is 0 Å². The van der Waals surface area contributed by atoms with Crippen LogP contribution in [0.5, 0.6) is 0 Å². The quantitative estimate of drug-likeness (QED) is 0.437. The largest absolute Gasteiger partial charge is 0.369 e. The Morgan fingerprint density at radius 1 is 1.19 bits per heavy atom. The molecule has 1 N–H and O–H groups in total. The molecule has 0 heterocycles. The number of ketones is 1. The topological polar surface area (TPSA) is 55.4 Å². The third-order valence-electron chi connectivity index (χ3n) is 4.84. The van der Waals surface area contributed by atoms with Crippen LogP contribution in [0.4, 0.5) is 0 Å². The highest BCUT2D eigenvalue weighted by atomic mass is 35.5. The normalized spacial score (nSPS) is 19.7. The Balaban J connectivity index is 0.00000338. The molecule has 0 bridgehead atoms. The summed E-state index contributed by atoms with van der Waals surface area (Å²) in [5.41, 5.74) is 2.48. The number of nitrogens with one attached hydrogen (secondary N) is 1. The molecule has 0 aliphatic heterocycles. The molecule has 0 spiro atoms. The summed E-state index contributed by atoms with van der Waals surface area (Å²) in [7, 11) is 0. The number of benzene rings is 1. The number of unbranched alkanes of at least 4 members (excludes halogenated alkanes) is 4. The molecule has 6 heteroatoms. The number of halogens is 2. The Kier molecular flexibility index (Phi) is 10.2. The number of Topliss-reactive ketones (excluding diaryl/α,β-unsaturated/α-hetero) is 1. The minimum Gasteiger partial charge on any atom is -0.369 e. The monoisotopic (exact) mass is 401 g/mol. The average Bonchev–Trinajstić information content (AvgIpc) is 2.62. The second-order valence-electron chi connectivity index (χ2n) is 6.76. The first kappa shape index (κ1) is 22.9. The van der Waals surface area contributed by atoms with Crippen molar-refractivity contribution in [2.45, 2.75) is 76.7 Å². The van der Waals surface area contributed by atoms with Crippen LogP contribution in [0.25, 0.3) is 0 Å². The Morgan fingerprint density at radius 2 is 1.92 bits per heavy atom. The molecule has 1 saturated carbocycles. The van der Waals surface area contributed by atoms with Gasteiger partial charge in [-0.05, 0) is 25.3 Å². The van der Waals surface area contributed by atoms with E-state index in [1.807, 2.05) is 18.2 Å². The van der Waals surface area contributed by atoms with Crippen LogP contribution in [0, 0.1) is 0 Å². The van der Waals surface area contributed by atoms with Gasteiger partial charge in [0.15, 0.2) is 5.78 Å². The van der Waals surface area contributed by atoms with E-state index in [2.05, 4.69) is 12.4 Å². The van der Waals surface area contributed by atoms with Crippen LogP contribution in [-0.4, -0.2) is 11.8 Å². The van der Waals surface area contributed by atoms with Gasteiger partial charge in [-0.1, -0.05) is 68.8 Å². The molecule has 0 saturated heterocycles. The Bertz CT molecular complexity index is 594. The van der Waals surface area contributed by atoms with Crippen LogP contribution in [0.3, 0.4) is 0 Å². The van der Waals surface area contributed by atoms with Gasteiger partial charge in [0.1, 0.15) is 5.54 Å². The highest BCUT2D eigenvalue weighted by Crippen LogP contribution is 2.38. The highest BCUT2D eigenvalue weighted by Gasteiger charge is 2.44. The molecule has 146 valence electrons. The number of hydrogen-bond acceptors (Lipinski definition) is 4. The molecule has 4 nitrogen and oxygen atoms in total. The smallest absolute Gasteiger partial charge is 0.324 e. The zero-order chi connectivity index (χ0) is 18.1. The van der Waals surface area contributed by atoms with E-state index in [1.165, 1.54) is 12.8 Å². The summed E-state index contributed by atoms with van der Waals surface area (Å²) >= 11 is 6.33. The van der Waals surface area contributed by atoms with Crippen LogP contribution in [-0.2, 0) is 20.0 Å². The second-order valence-corrected chi connectivity index (χ2v) is 7.16. The maximum atomic E-state index is 12.7. The van der Waals surface area contributed by atoms with Crippen molar-refractivity contribution in [1.82, 2.24) is 5.48 Å². The SMILES string of the molecule is CCCCCCCC(=O)ONC1(c2ccccc2Cl)CCCCC1=O.Cl. The number of carbonyl (C=O) groups is 2. The zero-order valence-electron chi connectivity index (χ0n) is 15.4. The second kappa shape index (κ2) is 11.6. The number of carbonyl (C=O) groups excluding carboxylic acids is 2. The lowest BCUT2D eigenvalue weighted by Crippen LogP contribution is -2.51. The van der Waals surface area contributed by atoms with E-state index in [0.29, 0.717) is 29.8 Å². The van der Waals surface area contributed by atoms with E-state index in [-0.39, 0.29) is 24.2 Å². The van der Waals surface area contributed by atoms with Crippen molar-refractivity contribution in [3.63, 3.8) is 0 Å². The summed E-state index contributed by atoms with van der Waals surface area (Å²) < 4.78 is 0. The van der Waals surface area contributed by atoms with Gasteiger partial charge in [0.05, 0.1) is 0 Å². The summed E-state index contributed by atoms with van der Waals surface area (Å²) in [5.74, 6) is -0.288. The Morgan fingerprint density at radius 3 is 2.62 bits per heavy atom. The van der Waals surface area contributed by atoms with E-state index in [9.17, 15) is 9.59 Å². The van der Waals surface area contributed by atoms with Crippen LogP contribution in [0.1, 0.15) is 76.7 Å². The fourth-order valence-electron chi connectivity index (χ4n) is 3.35. The van der Waals surface area contributed by atoms with Gasteiger partial charge in [-0.25, -0.2) is 0 Å². The van der Waals surface area contributed by atoms with Gasteiger partial charge in [0.2, 0.25) is 0 Å². The first-order valence-electron chi connectivity index (χ1n) is 9.35. The van der Waals surface area contributed by atoms with Crippen LogP contribution < -0.4 is 5.48 Å². The molecule has 1 aliphatic carbocycles. The predicted molar refractivity (Wildman–Crippen MR) is 106 cm³/mol. The fourth-order valence-corrected chi connectivity index (χ4v) is 3.65. The number of hydroxylamine groups is 1. The standard InChI is InChI=1S/C20H28ClNO3.ClH/c1-2-3-4-5-6-14-19(24)25-22-20(15-10-9-13-18(20)23)16-11-7-8-12-17(16)21;/h7-8,11-12,22H,2-6,9-10,13-15H2,1H3;1H. The van der Waals surface area contributed by atoms with Crippen molar-refractivity contribution in [3.05, 3.63) is 34.9 Å². The predicted octanol–water partition coefficient (Wildman–Crippen LogP) is 5.51. The highest BCUT2D eigenvalue weighted by molar-refractivity contribution is 6.31. The first-order valence-corrected chi connectivity index (χ1v) is 9.73. The molecule has 0 radical (unpaired) electrons. The first-order chi connectivity index (χ1) is 12.1. The van der Waals surface area contributed by atoms with E-state index >= 15 is 0 Å². The molecule has 1 unspecified atom stereocenters. The Hall–Kier alpha value is -1.10. The summed E-state index contributed by atoms with van der Waals surface area (Å²) in [4.78, 5) is 30.1. The lowest BCUT2D eigenvalue weighted by molar-refractivity contribution is -0.161. The third-order valence-corrected chi connectivity index (χ3v) is 5.17. The van der Waals surface area contributed by atoms with Gasteiger partial charge >= 0.3 is 5.97 Å². The fraction of sp³-hybridized carbons (Fsp3) is 0.600. The minimum atomic E-state index is -1.02. The van der Waals surface area contributed by atoms with Gasteiger partial charge in [0, 0.05) is 23.4 Å². The van der Waals surface area contributed by atoms with Crippen LogP contribution in [0.15, 0.2) is 24.3 Å². The van der Waals surface area contributed by atoms with Crippen molar-refractivity contribution in [2.75, 3.05) is 0 Å². The molecule has 1 aromatic carbocycles. The van der Waals surface area contributed by atoms with Gasteiger partial charge < -0.3 is 4.84 Å². The van der Waals surface area contributed by atoms with Gasteiger partial charge in [-0.2, -0.15) is 0 Å². The van der Waals surface area contributed by atoms with Gasteiger partial charge in [0.25, 0.3) is 0 Å². The van der Waals surface area contributed by atoms with E-state index in [0.717, 1.165) is 32.1 Å². The molecule has 2 rings (SSSR count).